The molecule has 0 saturated heterocycles. The molecule has 0 atom stereocenters. The molecule has 0 N–H and O–H groups in total. The molecule has 0 fully saturated rings. The number of hydrogen-bond donors (Lipinski definition) is 0. The predicted octanol–water partition coefficient (Wildman–Crippen LogP) is 0.240. The van der Waals surface area contributed by atoms with E-state index in [-0.39, 0.29) is 0 Å². The van der Waals surface area contributed by atoms with Crippen molar-refractivity contribution < 1.29 is 0 Å². The predicted molar refractivity (Wildman–Crippen MR) is 43.2 cm³/mol. The molecule has 1 aliphatic rings. The third-order valence-corrected chi connectivity index (χ3v) is 1.62. The zero-order valence-electron chi connectivity index (χ0n) is 6.96. The molecule has 0 unspecified atom stereocenters. The topological polar surface area (TPSA) is 18.8 Å². The van der Waals surface area contributed by atoms with Crippen molar-refractivity contribution in [3.05, 3.63) is 0 Å². The minimum absolute atomic E-state index is 0.972. The SMILES string of the molecule is CC1=NCCN1CN(C)C. The van der Waals surface area contributed by atoms with E-state index >= 15 is 0 Å². The highest BCUT2D eigenvalue weighted by Crippen LogP contribution is 2.00. The summed E-state index contributed by atoms with van der Waals surface area (Å²) in [6.07, 6.45) is 0. The maximum atomic E-state index is 4.29. The van der Waals surface area contributed by atoms with Crippen LogP contribution in [0.5, 0.6) is 0 Å². The molecule has 1 aliphatic heterocycles. The van der Waals surface area contributed by atoms with Gasteiger partial charge in [0.15, 0.2) is 0 Å². The van der Waals surface area contributed by atoms with Crippen LogP contribution in [0.15, 0.2) is 4.99 Å². The van der Waals surface area contributed by atoms with Gasteiger partial charge in [-0.15, -0.1) is 0 Å². The van der Waals surface area contributed by atoms with Gasteiger partial charge in [-0.25, -0.2) is 0 Å². The van der Waals surface area contributed by atoms with E-state index in [1.165, 1.54) is 5.84 Å². The second-order valence-corrected chi connectivity index (χ2v) is 2.91. The Kier molecular flexibility index (Phi) is 2.27. The van der Waals surface area contributed by atoms with Gasteiger partial charge >= 0.3 is 0 Å². The first kappa shape index (κ1) is 7.54. The molecule has 1 heterocycles. The molecule has 0 aromatic rings. The highest BCUT2D eigenvalue weighted by Gasteiger charge is 2.11. The second kappa shape index (κ2) is 3.01. The Bertz CT molecular complexity index is 140. The van der Waals surface area contributed by atoms with Crippen LogP contribution in [0, 0.1) is 0 Å². The highest BCUT2D eigenvalue weighted by atomic mass is 15.3. The van der Waals surface area contributed by atoms with Crippen molar-refractivity contribution in [1.82, 2.24) is 9.80 Å². The molecular formula is C7H15N3. The Morgan fingerprint density at radius 2 is 2.30 bits per heavy atom. The summed E-state index contributed by atoms with van der Waals surface area (Å²) in [5.41, 5.74) is 0. The summed E-state index contributed by atoms with van der Waals surface area (Å²) in [6.45, 7) is 5.12. The van der Waals surface area contributed by atoms with Crippen LogP contribution in [0.4, 0.5) is 0 Å². The molecule has 0 spiro atoms. The molecule has 0 saturated carbocycles. The van der Waals surface area contributed by atoms with E-state index in [9.17, 15) is 0 Å². The van der Waals surface area contributed by atoms with Crippen molar-refractivity contribution >= 4 is 5.84 Å². The van der Waals surface area contributed by atoms with E-state index in [1.807, 2.05) is 0 Å². The van der Waals surface area contributed by atoms with Gasteiger partial charge in [-0.2, -0.15) is 0 Å². The Balaban J connectivity index is 2.35. The van der Waals surface area contributed by atoms with Gasteiger partial charge in [0.2, 0.25) is 0 Å². The van der Waals surface area contributed by atoms with Crippen molar-refractivity contribution in [3.63, 3.8) is 0 Å². The van der Waals surface area contributed by atoms with Crippen LogP contribution >= 0.6 is 0 Å². The maximum Gasteiger partial charge on any atom is 0.0969 e. The van der Waals surface area contributed by atoms with Gasteiger partial charge in [0.05, 0.1) is 19.0 Å². The van der Waals surface area contributed by atoms with Crippen molar-refractivity contribution in [2.75, 3.05) is 33.9 Å². The fraction of sp³-hybridized carbons (Fsp3) is 0.857. The summed E-state index contributed by atoms with van der Waals surface area (Å²) in [4.78, 5) is 8.72. The van der Waals surface area contributed by atoms with E-state index in [4.69, 9.17) is 0 Å². The third-order valence-electron chi connectivity index (χ3n) is 1.62. The van der Waals surface area contributed by atoms with Crippen LogP contribution in [-0.2, 0) is 0 Å². The smallest absolute Gasteiger partial charge is 0.0969 e. The van der Waals surface area contributed by atoms with E-state index in [2.05, 4.69) is 35.8 Å². The lowest BCUT2D eigenvalue weighted by Gasteiger charge is -2.22. The van der Waals surface area contributed by atoms with Crippen LogP contribution in [0.1, 0.15) is 6.92 Å². The van der Waals surface area contributed by atoms with Crippen molar-refractivity contribution in [2.24, 2.45) is 4.99 Å². The van der Waals surface area contributed by atoms with Gasteiger partial charge in [0.25, 0.3) is 0 Å². The molecule has 58 valence electrons. The summed E-state index contributed by atoms with van der Waals surface area (Å²) in [6, 6.07) is 0. The summed E-state index contributed by atoms with van der Waals surface area (Å²) < 4.78 is 0. The molecule has 0 bridgehead atoms. The van der Waals surface area contributed by atoms with Crippen molar-refractivity contribution in [2.45, 2.75) is 6.92 Å². The average molecular weight is 141 g/mol. The summed E-state index contributed by atoms with van der Waals surface area (Å²) >= 11 is 0. The second-order valence-electron chi connectivity index (χ2n) is 2.91. The third kappa shape index (κ3) is 1.70. The van der Waals surface area contributed by atoms with Gasteiger partial charge in [0.1, 0.15) is 0 Å². The van der Waals surface area contributed by atoms with Crippen LogP contribution in [-0.4, -0.2) is 49.5 Å². The van der Waals surface area contributed by atoms with Gasteiger partial charge in [-0.1, -0.05) is 0 Å². The number of rotatable bonds is 2. The molecule has 0 aromatic heterocycles. The fourth-order valence-corrected chi connectivity index (χ4v) is 1.11. The highest BCUT2D eigenvalue weighted by molar-refractivity contribution is 5.81. The monoisotopic (exact) mass is 141 g/mol. The first-order chi connectivity index (χ1) is 4.70. The average Bonchev–Trinajstić information content (AvgIpc) is 2.15. The van der Waals surface area contributed by atoms with Crippen molar-refractivity contribution in [1.29, 1.82) is 0 Å². The number of nitrogens with zero attached hydrogens (tertiary/aromatic N) is 3. The Morgan fingerprint density at radius 3 is 2.70 bits per heavy atom. The molecule has 3 nitrogen and oxygen atoms in total. The van der Waals surface area contributed by atoms with E-state index in [0.717, 1.165) is 19.8 Å². The van der Waals surface area contributed by atoms with E-state index < -0.39 is 0 Å². The lowest BCUT2D eigenvalue weighted by Crippen LogP contribution is -2.34. The number of aliphatic imine (C=N–C) groups is 1. The molecule has 3 heteroatoms. The summed E-state index contributed by atoms with van der Waals surface area (Å²) in [5, 5.41) is 0. The molecule has 0 aromatic carbocycles. The number of amidine groups is 1. The molecule has 1 rings (SSSR count). The van der Waals surface area contributed by atoms with E-state index in [0.29, 0.717) is 0 Å². The Hall–Kier alpha value is -0.570. The molecule has 0 amide bonds. The van der Waals surface area contributed by atoms with Crippen LogP contribution in [0.25, 0.3) is 0 Å². The zero-order chi connectivity index (χ0) is 7.56. The summed E-state index contributed by atoms with van der Waals surface area (Å²) in [5.74, 6) is 1.17. The quantitative estimate of drug-likeness (QED) is 0.548. The normalized spacial score (nSPS) is 18.4. The van der Waals surface area contributed by atoms with Crippen LogP contribution < -0.4 is 0 Å². The van der Waals surface area contributed by atoms with Gasteiger partial charge in [-0.3, -0.25) is 9.89 Å². The maximum absolute atomic E-state index is 4.29. The minimum Gasteiger partial charge on any atom is -0.346 e. The number of hydrogen-bond acceptors (Lipinski definition) is 3. The Morgan fingerprint density at radius 1 is 1.60 bits per heavy atom. The first-order valence-corrected chi connectivity index (χ1v) is 3.61. The lowest BCUT2D eigenvalue weighted by atomic mass is 10.5. The molecule has 0 radical (unpaired) electrons. The van der Waals surface area contributed by atoms with E-state index in [1.54, 1.807) is 0 Å². The van der Waals surface area contributed by atoms with Gasteiger partial charge in [-0.05, 0) is 21.0 Å². The zero-order valence-corrected chi connectivity index (χ0v) is 6.96. The molecule has 10 heavy (non-hydrogen) atoms. The minimum atomic E-state index is 0.972. The first-order valence-electron chi connectivity index (χ1n) is 3.61. The van der Waals surface area contributed by atoms with Crippen LogP contribution in [0.2, 0.25) is 0 Å². The lowest BCUT2D eigenvalue weighted by molar-refractivity contribution is 0.272. The van der Waals surface area contributed by atoms with Gasteiger partial charge in [0, 0.05) is 6.54 Å². The van der Waals surface area contributed by atoms with Gasteiger partial charge < -0.3 is 4.90 Å². The standard InChI is InChI=1S/C7H15N3/c1-7-8-4-5-10(7)6-9(2)3/h4-6H2,1-3H3. The summed E-state index contributed by atoms with van der Waals surface area (Å²) in [7, 11) is 4.15. The Labute approximate surface area is 62.3 Å². The fourth-order valence-electron chi connectivity index (χ4n) is 1.11. The van der Waals surface area contributed by atoms with Crippen LogP contribution in [0.3, 0.4) is 0 Å². The molecule has 0 aliphatic carbocycles. The largest absolute Gasteiger partial charge is 0.346 e. The van der Waals surface area contributed by atoms with Crippen molar-refractivity contribution in [3.8, 4) is 0 Å². The molecular weight excluding hydrogens is 126 g/mol.